The van der Waals surface area contributed by atoms with Crippen molar-refractivity contribution in [2.24, 2.45) is 0 Å². The summed E-state index contributed by atoms with van der Waals surface area (Å²) in [4.78, 5) is 4.09. The van der Waals surface area contributed by atoms with E-state index in [1.165, 1.54) is 0 Å². The quantitative estimate of drug-likeness (QED) is 0.878. The van der Waals surface area contributed by atoms with Crippen molar-refractivity contribution in [2.45, 2.75) is 6.61 Å². The fourth-order valence-electron chi connectivity index (χ4n) is 1.23. The Morgan fingerprint density at radius 1 is 1.50 bits per heavy atom. The van der Waals surface area contributed by atoms with Crippen LogP contribution in [-0.4, -0.2) is 14.5 Å². The van der Waals surface area contributed by atoms with Gasteiger partial charge in [0.1, 0.15) is 0 Å². The molecule has 2 aromatic rings. The van der Waals surface area contributed by atoms with Crippen molar-refractivity contribution in [3.8, 4) is 0 Å². The molecule has 0 saturated carbocycles. The second-order valence-electron chi connectivity index (χ2n) is 2.71. The van der Waals surface area contributed by atoms with Gasteiger partial charge < -0.3 is 5.11 Å². The minimum absolute atomic E-state index is 0.174. The summed E-state index contributed by atoms with van der Waals surface area (Å²) >= 11 is 15.0. The van der Waals surface area contributed by atoms with Gasteiger partial charge in [-0.05, 0) is 22.0 Å². The lowest BCUT2D eigenvalue weighted by Gasteiger charge is -2.00. The van der Waals surface area contributed by atoms with Crippen LogP contribution < -0.4 is 0 Å². The van der Waals surface area contributed by atoms with Gasteiger partial charge in [-0.25, -0.2) is 4.98 Å². The summed E-state index contributed by atoms with van der Waals surface area (Å²) in [7, 11) is 0. The molecule has 0 spiro atoms. The highest BCUT2D eigenvalue weighted by molar-refractivity contribution is 9.10. The van der Waals surface area contributed by atoms with Crippen LogP contribution >= 0.6 is 39.1 Å². The molecule has 0 aliphatic heterocycles. The second-order valence-corrected chi connectivity index (χ2v) is 4.36. The zero-order valence-electron chi connectivity index (χ0n) is 6.84. The van der Waals surface area contributed by atoms with E-state index in [0.29, 0.717) is 16.4 Å². The number of nitrogens with zero attached hydrogens (tertiary/aromatic N) is 2. The van der Waals surface area contributed by atoms with E-state index in [-0.39, 0.29) is 11.8 Å². The average molecular weight is 296 g/mol. The number of rotatable bonds is 1. The van der Waals surface area contributed by atoms with Gasteiger partial charge in [0.05, 0.1) is 21.8 Å². The third kappa shape index (κ3) is 1.52. The molecule has 0 aliphatic carbocycles. The minimum Gasteiger partial charge on any atom is -0.390 e. The summed E-state index contributed by atoms with van der Waals surface area (Å²) in [6, 6.07) is 1.72. The molecule has 6 heteroatoms. The Labute approximate surface area is 98.4 Å². The monoisotopic (exact) mass is 294 g/mol. The Morgan fingerprint density at radius 3 is 2.86 bits per heavy atom. The molecule has 1 N–H and O–H groups in total. The Kier molecular flexibility index (Phi) is 2.70. The van der Waals surface area contributed by atoms with E-state index in [9.17, 15) is 0 Å². The number of fused-ring (bicyclic) bond motifs is 1. The summed E-state index contributed by atoms with van der Waals surface area (Å²) < 4.78 is 2.40. The molecule has 0 bridgehead atoms. The maximum atomic E-state index is 9.08. The Balaban J connectivity index is 2.87. The van der Waals surface area contributed by atoms with Gasteiger partial charge >= 0.3 is 0 Å². The maximum absolute atomic E-state index is 9.08. The van der Waals surface area contributed by atoms with Crippen LogP contribution in [0, 0.1) is 0 Å². The Bertz CT molecular complexity index is 498. The molecule has 0 atom stereocenters. The lowest BCUT2D eigenvalue weighted by molar-refractivity contribution is 0.276. The first-order valence-electron chi connectivity index (χ1n) is 3.76. The van der Waals surface area contributed by atoms with Crippen molar-refractivity contribution in [1.29, 1.82) is 0 Å². The van der Waals surface area contributed by atoms with Crippen molar-refractivity contribution in [3.63, 3.8) is 0 Å². The summed E-state index contributed by atoms with van der Waals surface area (Å²) in [6.45, 7) is -0.174. The highest BCUT2D eigenvalue weighted by Crippen LogP contribution is 2.26. The molecule has 2 heterocycles. The normalized spacial score (nSPS) is 11.1. The van der Waals surface area contributed by atoms with Crippen LogP contribution in [0.1, 0.15) is 5.69 Å². The number of imidazole rings is 1. The van der Waals surface area contributed by atoms with Crippen LogP contribution in [0.25, 0.3) is 5.65 Å². The predicted octanol–water partition coefficient (Wildman–Crippen LogP) is 2.90. The topological polar surface area (TPSA) is 37.5 Å². The van der Waals surface area contributed by atoms with Crippen LogP contribution in [0.3, 0.4) is 0 Å². The smallest absolute Gasteiger partial charge is 0.153 e. The first-order chi connectivity index (χ1) is 6.63. The van der Waals surface area contributed by atoms with Gasteiger partial charge in [-0.3, -0.25) is 4.40 Å². The van der Waals surface area contributed by atoms with Crippen molar-refractivity contribution in [1.82, 2.24) is 9.38 Å². The average Bonchev–Trinajstić information content (AvgIpc) is 2.41. The Hall–Kier alpha value is -0.290. The van der Waals surface area contributed by atoms with Crippen LogP contribution in [0.2, 0.25) is 10.2 Å². The molecule has 0 amide bonds. The first kappa shape index (κ1) is 10.2. The molecule has 74 valence electrons. The van der Waals surface area contributed by atoms with Gasteiger partial charge in [-0.2, -0.15) is 0 Å². The van der Waals surface area contributed by atoms with E-state index in [4.69, 9.17) is 28.3 Å². The molecule has 0 unspecified atom stereocenters. The van der Waals surface area contributed by atoms with Crippen molar-refractivity contribution in [2.75, 3.05) is 0 Å². The number of aliphatic hydroxyl groups excluding tert-OH is 1. The molecule has 2 aromatic heterocycles. The lowest BCUT2D eigenvalue weighted by atomic mass is 10.4. The first-order valence-corrected chi connectivity index (χ1v) is 5.30. The lowest BCUT2D eigenvalue weighted by Crippen LogP contribution is -1.92. The molecule has 0 saturated heterocycles. The van der Waals surface area contributed by atoms with E-state index in [2.05, 4.69) is 20.9 Å². The van der Waals surface area contributed by atoms with Gasteiger partial charge in [0, 0.05) is 6.20 Å². The zero-order chi connectivity index (χ0) is 10.3. The van der Waals surface area contributed by atoms with E-state index in [0.717, 1.165) is 4.47 Å². The van der Waals surface area contributed by atoms with E-state index < -0.39 is 0 Å². The molecule has 0 aromatic carbocycles. The molecule has 0 aliphatic rings. The van der Waals surface area contributed by atoms with Crippen molar-refractivity contribution in [3.05, 3.63) is 32.6 Å². The van der Waals surface area contributed by atoms with Gasteiger partial charge in [0.15, 0.2) is 10.8 Å². The van der Waals surface area contributed by atoms with E-state index in [1.807, 2.05) is 0 Å². The third-order valence-electron chi connectivity index (χ3n) is 1.84. The summed E-state index contributed by atoms with van der Waals surface area (Å²) in [5, 5.41) is 9.92. The van der Waals surface area contributed by atoms with Crippen LogP contribution in [0.4, 0.5) is 0 Å². The van der Waals surface area contributed by atoms with Gasteiger partial charge in [-0.1, -0.05) is 23.2 Å². The van der Waals surface area contributed by atoms with Crippen LogP contribution in [-0.2, 0) is 6.61 Å². The predicted molar refractivity (Wildman–Crippen MR) is 58.8 cm³/mol. The maximum Gasteiger partial charge on any atom is 0.153 e. The summed E-state index contributed by atoms with van der Waals surface area (Å²) in [5.41, 5.74) is 1.17. The van der Waals surface area contributed by atoms with E-state index in [1.54, 1.807) is 16.7 Å². The number of aromatic nitrogens is 2. The van der Waals surface area contributed by atoms with Gasteiger partial charge in [0.2, 0.25) is 0 Å². The number of hydrogen-bond donors (Lipinski definition) is 1. The number of halogens is 3. The van der Waals surface area contributed by atoms with Crippen LogP contribution in [0.5, 0.6) is 0 Å². The standard InChI is InChI=1S/C8H5BrCl2N2O/c9-5-1-4(10)2-13-6(3-14)7(11)12-8(5)13/h1-2,14H,3H2. The van der Waals surface area contributed by atoms with E-state index >= 15 is 0 Å². The molecule has 3 nitrogen and oxygen atoms in total. The van der Waals surface area contributed by atoms with Crippen molar-refractivity contribution >= 4 is 44.8 Å². The fourth-order valence-corrected chi connectivity index (χ4v) is 2.33. The van der Waals surface area contributed by atoms with Gasteiger partial charge in [0.25, 0.3) is 0 Å². The van der Waals surface area contributed by atoms with Crippen molar-refractivity contribution < 1.29 is 5.11 Å². The number of pyridine rings is 1. The highest BCUT2D eigenvalue weighted by atomic mass is 79.9. The summed E-state index contributed by atoms with van der Waals surface area (Å²) in [5.74, 6) is 0. The molecule has 0 fully saturated rings. The fraction of sp³-hybridized carbons (Fsp3) is 0.125. The largest absolute Gasteiger partial charge is 0.390 e. The minimum atomic E-state index is -0.174. The number of hydrogen-bond acceptors (Lipinski definition) is 2. The third-order valence-corrected chi connectivity index (χ3v) is 2.93. The molecule has 2 rings (SSSR count). The van der Waals surface area contributed by atoms with Gasteiger partial charge in [-0.15, -0.1) is 0 Å². The molecular formula is C8H5BrCl2N2O. The Morgan fingerprint density at radius 2 is 2.21 bits per heavy atom. The zero-order valence-corrected chi connectivity index (χ0v) is 9.94. The molecular weight excluding hydrogens is 291 g/mol. The highest BCUT2D eigenvalue weighted by Gasteiger charge is 2.12. The second kappa shape index (κ2) is 3.70. The molecule has 14 heavy (non-hydrogen) atoms. The summed E-state index contributed by atoms with van der Waals surface area (Å²) in [6.07, 6.45) is 1.66. The molecule has 0 radical (unpaired) electrons. The number of aliphatic hydroxyl groups is 1. The SMILES string of the molecule is OCc1c(Cl)nc2c(Br)cc(Cl)cn12. The van der Waals surface area contributed by atoms with Crippen LogP contribution in [0.15, 0.2) is 16.7 Å².